The van der Waals surface area contributed by atoms with Crippen LogP contribution in [0.15, 0.2) is 18.5 Å². The molecule has 0 fully saturated rings. The first-order chi connectivity index (χ1) is 6.25. The molecule has 0 spiro atoms. The Morgan fingerprint density at radius 1 is 1.69 bits per heavy atom. The van der Waals surface area contributed by atoms with Gasteiger partial charge in [0.1, 0.15) is 12.2 Å². The number of hydrogen-bond donors (Lipinski definition) is 1. The lowest BCUT2D eigenvalue weighted by molar-refractivity contribution is 0.559. The van der Waals surface area contributed by atoms with Crippen molar-refractivity contribution in [3.8, 4) is 0 Å². The molecule has 0 aromatic carbocycles. The summed E-state index contributed by atoms with van der Waals surface area (Å²) in [5.41, 5.74) is 0. The smallest absolute Gasteiger partial charge is 0.149 e. The second kappa shape index (κ2) is 4.77. The fraction of sp³-hybridized carbons (Fsp3) is 0.556. The number of allylic oxidation sites excluding steroid dienone is 1. The van der Waals surface area contributed by atoms with Gasteiger partial charge in [0.15, 0.2) is 0 Å². The van der Waals surface area contributed by atoms with Crippen LogP contribution < -0.4 is 5.32 Å². The van der Waals surface area contributed by atoms with E-state index in [9.17, 15) is 0 Å². The normalized spacial score (nSPS) is 13.8. The molecular weight excluding hydrogens is 164 g/mol. The van der Waals surface area contributed by atoms with Gasteiger partial charge >= 0.3 is 0 Å². The Kier molecular flexibility index (Phi) is 3.64. The summed E-state index contributed by atoms with van der Waals surface area (Å²) in [6.45, 7) is 4.95. The van der Waals surface area contributed by atoms with Gasteiger partial charge in [-0.2, -0.15) is 0 Å². The van der Waals surface area contributed by atoms with Gasteiger partial charge in [0.2, 0.25) is 0 Å². The Morgan fingerprint density at radius 3 is 3.00 bits per heavy atom. The topological polar surface area (TPSA) is 42.7 Å². The van der Waals surface area contributed by atoms with Crippen LogP contribution in [0.4, 0.5) is 0 Å². The van der Waals surface area contributed by atoms with Crippen LogP contribution in [0.25, 0.3) is 0 Å². The summed E-state index contributed by atoms with van der Waals surface area (Å²) < 4.78 is 1.92. The fourth-order valence-electron chi connectivity index (χ4n) is 1.14. The third kappa shape index (κ3) is 2.66. The summed E-state index contributed by atoms with van der Waals surface area (Å²) in [6.07, 6.45) is 5.81. The van der Waals surface area contributed by atoms with Crippen molar-refractivity contribution in [2.45, 2.75) is 19.9 Å². The average Bonchev–Trinajstić information content (AvgIpc) is 2.52. The van der Waals surface area contributed by atoms with Gasteiger partial charge in [-0.3, -0.25) is 0 Å². The molecule has 1 N–H and O–H groups in total. The number of aromatic nitrogens is 3. The summed E-state index contributed by atoms with van der Waals surface area (Å²) in [4.78, 5) is 0. The number of aryl methyl sites for hydroxylation is 1. The van der Waals surface area contributed by atoms with Gasteiger partial charge in [-0.1, -0.05) is 12.2 Å². The quantitative estimate of drug-likeness (QED) is 0.704. The third-order valence-electron chi connectivity index (χ3n) is 1.91. The molecule has 72 valence electrons. The zero-order chi connectivity index (χ0) is 9.68. The molecule has 13 heavy (non-hydrogen) atoms. The van der Waals surface area contributed by atoms with Gasteiger partial charge in [-0.25, -0.2) is 0 Å². The Balaban J connectivity index is 2.48. The largest absolute Gasteiger partial charge is 0.319 e. The molecule has 0 amide bonds. The lowest BCUT2D eigenvalue weighted by atomic mass is 10.3. The van der Waals surface area contributed by atoms with Crippen molar-refractivity contribution in [1.29, 1.82) is 0 Å². The highest BCUT2D eigenvalue weighted by atomic mass is 15.3. The minimum atomic E-state index is 0.240. The lowest BCUT2D eigenvalue weighted by Gasteiger charge is -2.10. The first-order valence-corrected chi connectivity index (χ1v) is 4.44. The Bertz CT molecular complexity index is 277. The maximum atomic E-state index is 4.02. The summed E-state index contributed by atoms with van der Waals surface area (Å²) in [7, 11) is 1.95. The van der Waals surface area contributed by atoms with E-state index in [1.54, 1.807) is 6.33 Å². The molecule has 0 aliphatic rings. The molecule has 0 aliphatic carbocycles. The average molecular weight is 180 g/mol. The van der Waals surface area contributed by atoms with Crippen LogP contribution in [0.5, 0.6) is 0 Å². The predicted octanol–water partition coefficient (Wildman–Crippen LogP) is 1.04. The van der Waals surface area contributed by atoms with E-state index in [1.807, 2.05) is 24.6 Å². The molecule has 1 rings (SSSR count). The first kappa shape index (κ1) is 9.92. The molecule has 1 atom stereocenters. The molecule has 1 unspecified atom stereocenters. The highest BCUT2D eigenvalue weighted by molar-refractivity contribution is 4.93. The predicted molar refractivity (Wildman–Crippen MR) is 52.2 cm³/mol. The van der Waals surface area contributed by atoms with Crippen LogP contribution in [-0.2, 0) is 7.05 Å². The standard InChI is InChI=1S/C9H16N4/c1-4-5-6-10-8(2)9-12-11-7-13(9)3/h4-5,7-8,10H,6H2,1-3H3/b5-4+. The Labute approximate surface area is 78.7 Å². The molecule has 4 heteroatoms. The number of nitrogens with zero attached hydrogens (tertiary/aromatic N) is 3. The van der Waals surface area contributed by atoms with Crippen LogP contribution in [-0.4, -0.2) is 21.3 Å². The minimum Gasteiger partial charge on any atom is -0.319 e. The third-order valence-corrected chi connectivity index (χ3v) is 1.91. The monoisotopic (exact) mass is 180 g/mol. The van der Waals surface area contributed by atoms with Crippen molar-refractivity contribution in [2.75, 3.05) is 6.54 Å². The molecule has 0 bridgehead atoms. The SMILES string of the molecule is C/C=C/CNC(C)c1nncn1C. The van der Waals surface area contributed by atoms with Crippen LogP contribution in [0.2, 0.25) is 0 Å². The van der Waals surface area contributed by atoms with Crippen molar-refractivity contribution in [3.63, 3.8) is 0 Å². The highest BCUT2D eigenvalue weighted by Crippen LogP contribution is 2.05. The maximum absolute atomic E-state index is 4.02. The van der Waals surface area contributed by atoms with Gasteiger partial charge < -0.3 is 9.88 Å². The summed E-state index contributed by atoms with van der Waals surface area (Å²) in [6, 6.07) is 0.240. The Hall–Kier alpha value is -1.16. The molecule has 0 radical (unpaired) electrons. The van der Waals surface area contributed by atoms with Crippen molar-refractivity contribution >= 4 is 0 Å². The number of nitrogens with one attached hydrogen (secondary N) is 1. The van der Waals surface area contributed by atoms with Gasteiger partial charge in [0, 0.05) is 13.6 Å². The molecule has 0 saturated carbocycles. The van der Waals surface area contributed by atoms with E-state index in [1.165, 1.54) is 0 Å². The zero-order valence-corrected chi connectivity index (χ0v) is 8.36. The van der Waals surface area contributed by atoms with Crippen LogP contribution >= 0.6 is 0 Å². The zero-order valence-electron chi connectivity index (χ0n) is 8.36. The van der Waals surface area contributed by atoms with E-state index >= 15 is 0 Å². The summed E-state index contributed by atoms with van der Waals surface area (Å²) in [5.74, 6) is 0.963. The van der Waals surface area contributed by atoms with Gasteiger partial charge in [-0.15, -0.1) is 10.2 Å². The van der Waals surface area contributed by atoms with Crippen molar-refractivity contribution in [2.24, 2.45) is 7.05 Å². The minimum absolute atomic E-state index is 0.240. The lowest BCUT2D eigenvalue weighted by Crippen LogP contribution is -2.21. The summed E-state index contributed by atoms with van der Waals surface area (Å²) in [5, 5.41) is 11.2. The second-order valence-electron chi connectivity index (χ2n) is 3.00. The van der Waals surface area contributed by atoms with Gasteiger partial charge in [0.05, 0.1) is 6.04 Å². The number of hydrogen-bond acceptors (Lipinski definition) is 3. The first-order valence-electron chi connectivity index (χ1n) is 4.44. The molecular formula is C9H16N4. The van der Waals surface area contributed by atoms with Crippen LogP contribution in [0, 0.1) is 0 Å². The van der Waals surface area contributed by atoms with Crippen molar-refractivity contribution < 1.29 is 0 Å². The summed E-state index contributed by atoms with van der Waals surface area (Å²) >= 11 is 0. The Morgan fingerprint density at radius 2 is 2.46 bits per heavy atom. The molecule has 0 aliphatic heterocycles. The van der Waals surface area contributed by atoms with E-state index in [0.717, 1.165) is 12.4 Å². The molecule has 1 aromatic rings. The molecule has 1 heterocycles. The maximum Gasteiger partial charge on any atom is 0.149 e. The second-order valence-corrected chi connectivity index (χ2v) is 3.00. The van der Waals surface area contributed by atoms with E-state index in [-0.39, 0.29) is 6.04 Å². The van der Waals surface area contributed by atoms with Crippen molar-refractivity contribution in [3.05, 3.63) is 24.3 Å². The fourth-order valence-corrected chi connectivity index (χ4v) is 1.14. The molecule has 1 aromatic heterocycles. The van der Waals surface area contributed by atoms with Crippen molar-refractivity contribution in [1.82, 2.24) is 20.1 Å². The van der Waals surface area contributed by atoms with E-state index < -0.39 is 0 Å². The molecule has 4 nitrogen and oxygen atoms in total. The van der Waals surface area contributed by atoms with Crippen LogP contribution in [0.1, 0.15) is 25.7 Å². The van der Waals surface area contributed by atoms with Crippen LogP contribution in [0.3, 0.4) is 0 Å². The van der Waals surface area contributed by atoms with E-state index in [2.05, 4.69) is 28.5 Å². The number of rotatable bonds is 4. The van der Waals surface area contributed by atoms with Gasteiger partial charge in [-0.05, 0) is 13.8 Å². The van der Waals surface area contributed by atoms with E-state index in [4.69, 9.17) is 0 Å². The van der Waals surface area contributed by atoms with Gasteiger partial charge in [0.25, 0.3) is 0 Å². The molecule has 0 saturated heterocycles. The van der Waals surface area contributed by atoms with E-state index in [0.29, 0.717) is 0 Å². The highest BCUT2D eigenvalue weighted by Gasteiger charge is 2.08.